The number of aromatic nitrogens is 4. The van der Waals surface area contributed by atoms with Gasteiger partial charge in [0.15, 0.2) is 5.82 Å². The second kappa shape index (κ2) is 5.91. The molecule has 0 bridgehead atoms. The third kappa shape index (κ3) is 2.69. The summed E-state index contributed by atoms with van der Waals surface area (Å²) in [5.74, 6) is 0.907. The Hall–Kier alpha value is -1.79. The molecular formula is C15H19N5S. The van der Waals surface area contributed by atoms with E-state index in [4.69, 9.17) is 5.10 Å². The minimum Gasteiger partial charge on any atom is -0.296 e. The minimum atomic E-state index is 0.783. The van der Waals surface area contributed by atoms with Crippen molar-refractivity contribution in [3.63, 3.8) is 0 Å². The normalized spacial score (nSPS) is 11.6. The van der Waals surface area contributed by atoms with Gasteiger partial charge in [-0.3, -0.25) is 4.90 Å². The molecule has 0 amide bonds. The summed E-state index contributed by atoms with van der Waals surface area (Å²) in [5.41, 5.74) is 2.40. The number of hydrogen-bond acceptors (Lipinski definition) is 5. The van der Waals surface area contributed by atoms with Gasteiger partial charge < -0.3 is 0 Å². The Balaban J connectivity index is 1.98. The van der Waals surface area contributed by atoms with Crippen molar-refractivity contribution < 1.29 is 0 Å². The molecule has 0 saturated heterocycles. The van der Waals surface area contributed by atoms with Gasteiger partial charge in [-0.25, -0.2) is 0 Å². The van der Waals surface area contributed by atoms with Crippen molar-refractivity contribution in [2.75, 3.05) is 13.1 Å². The fraction of sp³-hybridized carbons (Fsp3) is 0.400. The van der Waals surface area contributed by atoms with Crippen molar-refractivity contribution in [1.29, 1.82) is 0 Å². The molecule has 5 nitrogen and oxygen atoms in total. The lowest BCUT2D eigenvalue weighted by atomic mass is 10.1. The summed E-state index contributed by atoms with van der Waals surface area (Å²) in [6, 6.07) is 8.30. The predicted molar refractivity (Wildman–Crippen MR) is 85.5 cm³/mol. The van der Waals surface area contributed by atoms with Gasteiger partial charge in [0, 0.05) is 5.56 Å². The molecule has 6 heteroatoms. The van der Waals surface area contributed by atoms with Crippen LogP contribution >= 0.6 is 11.3 Å². The summed E-state index contributed by atoms with van der Waals surface area (Å²) in [6.07, 6.45) is 0. The lowest BCUT2D eigenvalue weighted by Crippen LogP contribution is -2.23. The Morgan fingerprint density at radius 3 is 2.62 bits per heavy atom. The second-order valence-corrected chi connectivity index (χ2v) is 5.95. The minimum absolute atomic E-state index is 0.783. The van der Waals surface area contributed by atoms with E-state index in [0.29, 0.717) is 0 Å². The highest BCUT2D eigenvalue weighted by atomic mass is 32.1. The summed E-state index contributed by atoms with van der Waals surface area (Å²) in [5, 5.41) is 14.2. The zero-order valence-electron chi connectivity index (χ0n) is 12.6. The van der Waals surface area contributed by atoms with E-state index in [1.807, 2.05) is 16.6 Å². The maximum Gasteiger partial charge on any atom is 0.235 e. The molecule has 0 atom stereocenters. The van der Waals surface area contributed by atoms with Crippen LogP contribution < -0.4 is 0 Å². The third-order valence-electron chi connectivity index (χ3n) is 3.69. The molecular weight excluding hydrogens is 282 g/mol. The van der Waals surface area contributed by atoms with Crippen LogP contribution in [0.25, 0.3) is 15.5 Å². The van der Waals surface area contributed by atoms with E-state index in [9.17, 15) is 0 Å². The number of benzene rings is 1. The highest BCUT2D eigenvalue weighted by Crippen LogP contribution is 2.27. The van der Waals surface area contributed by atoms with Gasteiger partial charge in [-0.15, -0.1) is 10.2 Å². The van der Waals surface area contributed by atoms with Crippen LogP contribution in [-0.2, 0) is 6.54 Å². The molecule has 0 aliphatic heterocycles. The fourth-order valence-electron chi connectivity index (χ4n) is 2.32. The van der Waals surface area contributed by atoms with Gasteiger partial charge in [-0.05, 0) is 25.6 Å². The van der Waals surface area contributed by atoms with E-state index in [1.54, 1.807) is 11.3 Å². The highest BCUT2D eigenvalue weighted by Gasteiger charge is 2.15. The molecule has 0 radical (unpaired) electrons. The van der Waals surface area contributed by atoms with Gasteiger partial charge >= 0.3 is 0 Å². The molecule has 0 aliphatic carbocycles. The smallest absolute Gasteiger partial charge is 0.235 e. The molecule has 0 saturated carbocycles. The molecule has 3 aromatic rings. The van der Waals surface area contributed by atoms with Crippen molar-refractivity contribution in [3.8, 4) is 10.6 Å². The van der Waals surface area contributed by atoms with Crippen LogP contribution in [0.4, 0.5) is 0 Å². The van der Waals surface area contributed by atoms with E-state index < -0.39 is 0 Å². The summed E-state index contributed by atoms with van der Waals surface area (Å²) < 4.78 is 1.88. The highest BCUT2D eigenvalue weighted by molar-refractivity contribution is 7.19. The Kier molecular flexibility index (Phi) is 3.98. The maximum absolute atomic E-state index is 4.71. The van der Waals surface area contributed by atoms with E-state index in [0.717, 1.165) is 35.4 Å². The molecule has 0 fully saturated rings. The standard InChI is InChI=1S/C15H19N5S/c1-4-19(5-2)10-13-16-17-15-20(13)18-14(21-15)12-9-7-6-8-11(12)3/h6-9H,4-5,10H2,1-3H3. The Bertz CT molecular complexity index is 741. The molecule has 0 unspecified atom stereocenters. The van der Waals surface area contributed by atoms with Gasteiger partial charge in [-0.2, -0.15) is 9.61 Å². The first kappa shape index (κ1) is 14.2. The van der Waals surface area contributed by atoms with E-state index >= 15 is 0 Å². The SMILES string of the molecule is CCN(CC)Cc1nnc2sc(-c3ccccc3C)nn12. The van der Waals surface area contributed by atoms with Crippen LogP contribution in [0, 0.1) is 6.92 Å². The lowest BCUT2D eigenvalue weighted by molar-refractivity contribution is 0.286. The van der Waals surface area contributed by atoms with Crippen molar-refractivity contribution in [2.24, 2.45) is 0 Å². The van der Waals surface area contributed by atoms with Gasteiger partial charge in [0.2, 0.25) is 4.96 Å². The molecule has 2 aromatic heterocycles. The molecule has 21 heavy (non-hydrogen) atoms. The van der Waals surface area contributed by atoms with Gasteiger partial charge in [0.25, 0.3) is 0 Å². The Morgan fingerprint density at radius 2 is 1.90 bits per heavy atom. The topological polar surface area (TPSA) is 46.3 Å². The van der Waals surface area contributed by atoms with Crippen LogP contribution in [0.15, 0.2) is 24.3 Å². The lowest BCUT2D eigenvalue weighted by Gasteiger charge is -2.15. The Morgan fingerprint density at radius 1 is 1.14 bits per heavy atom. The quantitative estimate of drug-likeness (QED) is 0.727. The van der Waals surface area contributed by atoms with Crippen LogP contribution in [-0.4, -0.2) is 37.8 Å². The van der Waals surface area contributed by atoms with E-state index in [-0.39, 0.29) is 0 Å². The van der Waals surface area contributed by atoms with Gasteiger partial charge in [0.05, 0.1) is 6.54 Å². The number of nitrogens with zero attached hydrogens (tertiary/aromatic N) is 5. The van der Waals surface area contributed by atoms with Crippen LogP contribution in [0.3, 0.4) is 0 Å². The number of hydrogen-bond donors (Lipinski definition) is 0. The molecule has 2 heterocycles. The zero-order chi connectivity index (χ0) is 14.8. The maximum atomic E-state index is 4.71. The number of fused-ring (bicyclic) bond motifs is 1. The third-order valence-corrected chi connectivity index (χ3v) is 4.62. The first-order valence-electron chi connectivity index (χ1n) is 7.22. The predicted octanol–water partition coefficient (Wildman–Crippen LogP) is 3.00. The molecule has 1 aromatic carbocycles. The molecule has 3 rings (SSSR count). The average Bonchev–Trinajstić information content (AvgIpc) is 3.06. The first-order valence-corrected chi connectivity index (χ1v) is 8.04. The first-order chi connectivity index (χ1) is 10.2. The Labute approximate surface area is 128 Å². The van der Waals surface area contributed by atoms with Gasteiger partial charge in [0.1, 0.15) is 5.01 Å². The van der Waals surface area contributed by atoms with Crippen molar-refractivity contribution >= 4 is 16.3 Å². The van der Waals surface area contributed by atoms with Gasteiger partial charge in [-0.1, -0.05) is 49.4 Å². The number of aryl methyl sites for hydroxylation is 1. The molecule has 110 valence electrons. The van der Waals surface area contributed by atoms with Crippen molar-refractivity contribution in [2.45, 2.75) is 27.3 Å². The van der Waals surface area contributed by atoms with E-state index in [2.05, 4.69) is 48.0 Å². The number of rotatable bonds is 5. The summed E-state index contributed by atoms with van der Waals surface area (Å²) in [7, 11) is 0. The fourth-order valence-corrected chi connectivity index (χ4v) is 3.27. The van der Waals surface area contributed by atoms with Crippen molar-refractivity contribution in [3.05, 3.63) is 35.7 Å². The molecule has 0 aliphatic rings. The van der Waals surface area contributed by atoms with Crippen LogP contribution in [0.1, 0.15) is 25.2 Å². The van der Waals surface area contributed by atoms with E-state index in [1.165, 1.54) is 11.1 Å². The van der Waals surface area contributed by atoms with Crippen LogP contribution in [0.2, 0.25) is 0 Å². The zero-order valence-corrected chi connectivity index (χ0v) is 13.4. The summed E-state index contributed by atoms with van der Waals surface area (Å²) in [4.78, 5) is 3.17. The summed E-state index contributed by atoms with van der Waals surface area (Å²) >= 11 is 1.59. The largest absolute Gasteiger partial charge is 0.296 e. The monoisotopic (exact) mass is 301 g/mol. The van der Waals surface area contributed by atoms with Crippen LogP contribution in [0.5, 0.6) is 0 Å². The summed E-state index contributed by atoms with van der Waals surface area (Å²) in [6.45, 7) is 9.20. The molecule has 0 N–H and O–H groups in total. The molecule has 0 spiro atoms. The van der Waals surface area contributed by atoms with Crippen molar-refractivity contribution in [1.82, 2.24) is 24.7 Å². The average molecular weight is 301 g/mol. The second-order valence-electron chi connectivity index (χ2n) is 4.99.